The van der Waals surface area contributed by atoms with Crippen LogP contribution in [0.4, 0.5) is 4.79 Å². The fraction of sp³-hybridized carbons (Fsp3) is 0.208. The van der Waals surface area contributed by atoms with E-state index in [0.717, 1.165) is 33.4 Å². The van der Waals surface area contributed by atoms with E-state index < -0.39 is 0 Å². The Morgan fingerprint density at radius 3 is 2.41 bits per heavy atom. The van der Waals surface area contributed by atoms with E-state index >= 15 is 0 Å². The summed E-state index contributed by atoms with van der Waals surface area (Å²) in [6.07, 6.45) is 4.73. The van der Waals surface area contributed by atoms with Crippen LogP contribution in [0.25, 0.3) is 12.2 Å². The highest BCUT2D eigenvalue weighted by Crippen LogP contribution is 2.32. The summed E-state index contributed by atoms with van der Waals surface area (Å²) in [6, 6.07) is 13.0. The maximum Gasteiger partial charge on any atom is 0.293 e. The van der Waals surface area contributed by atoms with E-state index in [-0.39, 0.29) is 30.1 Å². The Morgan fingerprint density at radius 1 is 1.03 bits per heavy atom. The van der Waals surface area contributed by atoms with Crippen molar-refractivity contribution in [2.75, 3.05) is 27.3 Å². The minimum Gasteiger partial charge on any atom is -0.493 e. The van der Waals surface area contributed by atoms with Gasteiger partial charge in [-0.1, -0.05) is 35.9 Å². The number of ether oxygens (including phenoxy) is 2. The first kappa shape index (κ1) is 23.1. The first-order valence-electron chi connectivity index (χ1n) is 9.91. The molecule has 0 aromatic heterocycles. The number of carbonyl (C=O) groups excluding carboxylic acids is 3. The van der Waals surface area contributed by atoms with Crippen LogP contribution in [-0.2, 0) is 9.59 Å². The smallest absolute Gasteiger partial charge is 0.293 e. The number of benzene rings is 2. The van der Waals surface area contributed by atoms with Gasteiger partial charge in [-0.15, -0.1) is 0 Å². The van der Waals surface area contributed by atoms with Gasteiger partial charge < -0.3 is 14.8 Å². The van der Waals surface area contributed by atoms with Crippen molar-refractivity contribution in [3.05, 3.63) is 70.1 Å². The lowest BCUT2D eigenvalue weighted by atomic mass is 10.1. The Bertz CT molecular complexity index is 1080. The highest BCUT2D eigenvalue weighted by atomic mass is 32.2. The Balaban J connectivity index is 1.53. The molecule has 2 aromatic carbocycles. The van der Waals surface area contributed by atoms with E-state index in [4.69, 9.17) is 9.47 Å². The lowest BCUT2D eigenvalue weighted by Crippen LogP contribution is -2.36. The zero-order chi connectivity index (χ0) is 23.1. The number of thioether (sulfide) groups is 1. The zero-order valence-electron chi connectivity index (χ0n) is 18.1. The number of hydrogen-bond donors (Lipinski definition) is 1. The van der Waals surface area contributed by atoms with Gasteiger partial charge >= 0.3 is 0 Å². The number of methoxy groups -OCH3 is 2. The quantitative estimate of drug-likeness (QED) is 0.612. The van der Waals surface area contributed by atoms with Gasteiger partial charge in [0, 0.05) is 19.2 Å². The number of nitrogens with zero attached hydrogens (tertiary/aromatic N) is 1. The molecule has 166 valence electrons. The molecule has 1 fully saturated rings. The van der Waals surface area contributed by atoms with Crippen LogP contribution in [0.2, 0.25) is 0 Å². The van der Waals surface area contributed by atoms with E-state index in [9.17, 15) is 14.4 Å². The van der Waals surface area contributed by atoms with E-state index in [1.54, 1.807) is 44.6 Å². The Hall–Kier alpha value is -3.52. The maximum atomic E-state index is 12.6. The SMILES string of the molecule is COc1ccc(C=CC(=O)NCCN2C(=O)SC(=Cc3ccc(C)cc3)C2=O)cc1OC. The Kier molecular flexibility index (Phi) is 7.72. The second-order valence-electron chi connectivity index (χ2n) is 6.98. The summed E-state index contributed by atoms with van der Waals surface area (Å²) in [6.45, 7) is 2.24. The summed E-state index contributed by atoms with van der Waals surface area (Å²) in [4.78, 5) is 38.4. The molecular formula is C24H24N2O5S. The number of carbonyl (C=O) groups is 3. The molecule has 3 amide bonds. The standard InChI is InChI=1S/C24H24N2O5S/c1-16-4-6-18(7-5-16)15-21-23(28)26(24(29)32-21)13-12-25-22(27)11-9-17-8-10-19(30-2)20(14-17)31-3/h4-11,14-15H,12-13H2,1-3H3,(H,25,27). The van der Waals surface area contributed by atoms with E-state index in [0.29, 0.717) is 16.4 Å². The zero-order valence-corrected chi connectivity index (χ0v) is 18.9. The van der Waals surface area contributed by atoms with Gasteiger partial charge in [-0.05, 0) is 54.1 Å². The van der Waals surface area contributed by atoms with Crippen molar-refractivity contribution in [2.45, 2.75) is 6.92 Å². The van der Waals surface area contributed by atoms with Crippen LogP contribution >= 0.6 is 11.8 Å². The third-order valence-corrected chi connectivity index (χ3v) is 5.63. The number of amides is 3. The monoisotopic (exact) mass is 452 g/mol. The van der Waals surface area contributed by atoms with Crippen LogP contribution in [0, 0.1) is 6.92 Å². The van der Waals surface area contributed by atoms with Gasteiger partial charge in [0.25, 0.3) is 11.1 Å². The summed E-state index contributed by atoms with van der Waals surface area (Å²) < 4.78 is 10.4. The molecule has 0 aliphatic carbocycles. The summed E-state index contributed by atoms with van der Waals surface area (Å²) >= 11 is 0.903. The third kappa shape index (κ3) is 5.79. The summed E-state index contributed by atoms with van der Waals surface area (Å²) in [5, 5.41) is 2.34. The topological polar surface area (TPSA) is 84.9 Å². The minimum atomic E-state index is -0.351. The van der Waals surface area contributed by atoms with E-state index in [1.807, 2.05) is 31.2 Å². The second-order valence-corrected chi connectivity index (χ2v) is 7.98. The molecule has 0 atom stereocenters. The second kappa shape index (κ2) is 10.7. The predicted molar refractivity (Wildman–Crippen MR) is 125 cm³/mol. The average molecular weight is 453 g/mol. The van der Waals surface area contributed by atoms with Crippen LogP contribution in [-0.4, -0.2) is 49.3 Å². The molecule has 1 heterocycles. The number of nitrogens with one attached hydrogen (secondary N) is 1. The number of rotatable bonds is 8. The first-order valence-corrected chi connectivity index (χ1v) is 10.7. The van der Waals surface area contributed by atoms with Crippen molar-refractivity contribution in [3.63, 3.8) is 0 Å². The molecule has 1 N–H and O–H groups in total. The van der Waals surface area contributed by atoms with Crippen molar-refractivity contribution in [1.29, 1.82) is 0 Å². The molecule has 0 spiro atoms. The fourth-order valence-corrected chi connectivity index (χ4v) is 3.85. The van der Waals surface area contributed by atoms with Gasteiger partial charge in [0.2, 0.25) is 5.91 Å². The van der Waals surface area contributed by atoms with Crippen molar-refractivity contribution in [1.82, 2.24) is 10.2 Å². The number of aryl methyl sites for hydroxylation is 1. The minimum absolute atomic E-state index is 0.103. The molecular weight excluding hydrogens is 428 g/mol. The number of imide groups is 1. The maximum absolute atomic E-state index is 12.6. The van der Waals surface area contributed by atoms with Crippen LogP contribution in [0.1, 0.15) is 16.7 Å². The van der Waals surface area contributed by atoms with Crippen molar-refractivity contribution in [2.24, 2.45) is 0 Å². The van der Waals surface area contributed by atoms with Crippen molar-refractivity contribution >= 4 is 41.0 Å². The summed E-state index contributed by atoms with van der Waals surface area (Å²) in [7, 11) is 3.09. The van der Waals surface area contributed by atoms with Crippen LogP contribution in [0.5, 0.6) is 11.5 Å². The van der Waals surface area contributed by atoms with E-state index in [2.05, 4.69) is 5.32 Å². The molecule has 0 unspecified atom stereocenters. The molecule has 0 radical (unpaired) electrons. The van der Waals surface area contributed by atoms with Gasteiger partial charge in [0.15, 0.2) is 11.5 Å². The molecule has 3 rings (SSSR count). The largest absolute Gasteiger partial charge is 0.493 e. The summed E-state index contributed by atoms with van der Waals surface area (Å²) in [5.41, 5.74) is 2.74. The fourth-order valence-electron chi connectivity index (χ4n) is 2.99. The van der Waals surface area contributed by atoms with Crippen LogP contribution < -0.4 is 14.8 Å². The van der Waals surface area contributed by atoms with Gasteiger partial charge in [-0.25, -0.2) is 0 Å². The van der Waals surface area contributed by atoms with Crippen LogP contribution in [0.3, 0.4) is 0 Å². The molecule has 32 heavy (non-hydrogen) atoms. The van der Waals surface area contributed by atoms with Gasteiger partial charge in [-0.2, -0.15) is 0 Å². The van der Waals surface area contributed by atoms with Crippen molar-refractivity contribution in [3.8, 4) is 11.5 Å². The lowest BCUT2D eigenvalue weighted by molar-refractivity contribution is -0.123. The average Bonchev–Trinajstić information content (AvgIpc) is 3.06. The van der Waals surface area contributed by atoms with E-state index in [1.165, 1.54) is 6.08 Å². The van der Waals surface area contributed by atoms with Crippen molar-refractivity contribution < 1.29 is 23.9 Å². The lowest BCUT2D eigenvalue weighted by Gasteiger charge is -2.12. The predicted octanol–water partition coefficient (Wildman–Crippen LogP) is 3.88. The normalized spacial score (nSPS) is 15.0. The molecule has 2 aromatic rings. The number of hydrogen-bond acceptors (Lipinski definition) is 6. The highest BCUT2D eigenvalue weighted by Gasteiger charge is 2.34. The Labute approximate surface area is 191 Å². The first-order chi connectivity index (χ1) is 15.4. The molecule has 0 bridgehead atoms. The molecule has 1 aliphatic heterocycles. The molecule has 7 nitrogen and oxygen atoms in total. The molecule has 1 aliphatic rings. The molecule has 8 heteroatoms. The molecule has 1 saturated heterocycles. The third-order valence-electron chi connectivity index (χ3n) is 4.72. The van der Waals surface area contributed by atoms with Gasteiger partial charge in [-0.3, -0.25) is 19.3 Å². The Morgan fingerprint density at radius 2 is 1.72 bits per heavy atom. The molecule has 0 saturated carbocycles. The summed E-state index contributed by atoms with van der Waals surface area (Å²) in [5.74, 6) is 0.480. The van der Waals surface area contributed by atoms with Gasteiger partial charge in [0.05, 0.1) is 19.1 Å². The highest BCUT2D eigenvalue weighted by molar-refractivity contribution is 8.18. The van der Waals surface area contributed by atoms with Gasteiger partial charge in [0.1, 0.15) is 0 Å². The van der Waals surface area contributed by atoms with Crippen LogP contribution in [0.15, 0.2) is 53.4 Å².